The average Bonchev–Trinajstić information content (AvgIpc) is 3.77. The standard InChI is InChI=1S/C48H33N9/c1-3-32(44-49-25-13-26-50-44)29-39-31(2)56(36-19-11-6-12-20-36)42-37(39)22-23-38-40-30-35(45-51-27-14-28-52-45)21-24-41(40)57(43(38)42)48-54-46(33-15-7-4-8-16-33)53-47(55-48)34-17-9-5-10-18-34/h3-30H,1H2,2H3/b32-29+. The number of hydrogen-bond acceptors (Lipinski definition) is 7. The Bertz CT molecular complexity index is 3060. The van der Waals surface area contributed by atoms with Gasteiger partial charge in [0.05, 0.1) is 16.6 Å². The third-order valence-electron chi connectivity index (χ3n) is 10.2. The molecule has 9 heteroatoms. The fourth-order valence-corrected chi connectivity index (χ4v) is 7.61. The number of rotatable bonds is 8. The van der Waals surface area contributed by atoms with Gasteiger partial charge in [0.25, 0.3) is 0 Å². The molecule has 10 aromatic rings. The minimum Gasteiger partial charge on any atom is -0.311 e. The van der Waals surface area contributed by atoms with E-state index in [4.69, 9.17) is 15.0 Å². The van der Waals surface area contributed by atoms with Crippen LogP contribution in [0.4, 0.5) is 0 Å². The maximum absolute atomic E-state index is 5.26. The van der Waals surface area contributed by atoms with Crippen molar-refractivity contribution in [1.29, 1.82) is 0 Å². The van der Waals surface area contributed by atoms with Gasteiger partial charge in [0.1, 0.15) is 0 Å². The highest BCUT2D eigenvalue weighted by molar-refractivity contribution is 6.20. The summed E-state index contributed by atoms with van der Waals surface area (Å²) in [7, 11) is 0. The fourth-order valence-electron chi connectivity index (χ4n) is 7.61. The molecule has 0 bridgehead atoms. The Kier molecular flexibility index (Phi) is 8.30. The lowest BCUT2D eigenvalue weighted by Gasteiger charge is -2.13. The third-order valence-corrected chi connectivity index (χ3v) is 10.2. The van der Waals surface area contributed by atoms with Gasteiger partial charge in [-0.05, 0) is 55.5 Å². The van der Waals surface area contributed by atoms with Gasteiger partial charge in [-0.25, -0.2) is 24.9 Å². The predicted molar refractivity (Wildman–Crippen MR) is 228 cm³/mol. The Morgan fingerprint density at radius 1 is 0.526 bits per heavy atom. The Labute approximate surface area is 328 Å². The Morgan fingerprint density at radius 2 is 1.11 bits per heavy atom. The van der Waals surface area contributed by atoms with Crippen LogP contribution in [0.25, 0.3) is 90.2 Å². The Balaban J connectivity index is 1.37. The maximum Gasteiger partial charge on any atom is 0.238 e. The van der Waals surface area contributed by atoms with Crippen LogP contribution in [0.3, 0.4) is 0 Å². The maximum atomic E-state index is 5.26. The first kappa shape index (κ1) is 33.6. The number of aromatic nitrogens is 9. The summed E-state index contributed by atoms with van der Waals surface area (Å²) in [6.45, 7) is 6.30. The molecular weight excluding hydrogens is 703 g/mol. The quantitative estimate of drug-likeness (QED) is 0.143. The summed E-state index contributed by atoms with van der Waals surface area (Å²) in [5.74, 6) is 2.90. The first-order valence-corrected chi connectivity index (χ1v) is 18.6. The van der Waals surface area contributed by atoms with Crippen molar-refractivity contribution in [3.63, 3.8) is 0 Å². The highest BCUT2D eigenvalue weighted by Crippen LogP contribution is 2.42. The molecule has 0 saturated carbocycles. The average molecular weight is 736 g/mol. The summed E-state index contributed by atoms with van der Waals surface area (Å²) < 4.78 is 4.51. The molecule has 57 heavy (non-hydrogen) atoms. The van der Waals surface area contributed by atoms with Gasteiger partial charge < -0.3 is 4.57 Å². The number of nitrogens with zero attached hydrogens (tertiary/aromatic N) is 9. The number of benzene rings is 5. The van der Waals surface area contributed by atoms with Crippen molar-refractivity contribution in [1.82, 2.24) is 44.0 Å². The molecule has 5 aromatic carbocycles. The number of fused-ring (bicyclic) bond motifs is 5. The molecule has 0 fully saturated rings. The molecule has 0 spiro atoms. The van der Waals surface area contributed by atoms with Crippen LogP contribution in [0.5, 0.6) is 0 Å². The van der Waals surface area contributed by atoms with Crippen molar-refractivity contribution in [3.8, 4) is 45.8 Å². The van der Waals surface area contributed by atoms with E-state index in [9.17, 15) is 0 Å². The zero-order valence-electron chi connectivity index (χ0n) is 30.9. The third kappa shape index (κ3) is 5.86. The molecule has 0 amide bonds. The van der Waals surface area contributed by atoms with Gasteiger partial charge in [0.15, 0.2) is 23.3 Å². The SMILES string of the molecule is C=C/C(=C\c1c(C)n(-c2ccccc2)c2c1ccc1c3cc(-c4ncccn4)ccc3n(-c3nc(-c4ccccc4)nc(-c4ccccc4)n3)c12)c1ncccn1. The molecule has 0 saturated heterocycles. The van der Waals surface area contributed by atoms with Crippen LogP contribution in [0, 0.1) is 6.92 Å². The van der Waals surface area contributed by atoms with Crippen molar-refractivity contribution < 1.29 is 0 Å². The summed E-state index contributed by atoms with van der Waals surface area (Å²) in [6, 6.07) is 44.9. The topological polar surface area (TPSA) is 100 Å². The van der Waals surface area contributed by atoms with Gasteiger partial charge in [-0.15, -0.1) is 0 Å². The van der Waals surface area contributed by atoms with Crippen LogP contribution in [0.1, 0.15) is 17.1 Å². The van der Waals surface area contributed by atoms with Crippen LogP contribution >= 0.6 is 0 Å². The second kappa shape index (κ2) is 14.1. The molecule has 0 radical (unpaired) electrons. The normalized spacial score (nSPS) is 11.8. The summed E-state index contributed by atoms with van der Waals surface area (Å²) in [5.41, 5.74) is 9.47. The van der Waals surface area contributed by atoms with Gasteiger partial charge in [-0.1, -0.05) is 104 Å². The first-order chi connectivity index (χ1) is 28.2. The Morgan fingerprint density at radius 3 is 1.74 bits per heavy atom. The molecular formula is C48H33N9. The lowest BCUT2D eigenvalue weighted by atomic mass is 10.0. The van der Waals surface area contributed by atoms with Crippen LogP contribution in [-0.4, -0.2) is 44.0 Å². The molecule has 10 rings (SSSR count). The number of hydrogen-bond donors (Lipinski definition) is 0. The molecule has 0 unspecified atom stereocenters. The molecule has 270 valence electrons. The monoisotopic (exact) mass is 735 g/mol. The van der Waals surface area contributed by atoms with E-state index < -0.39 is 0 Å². The fraction of sp³-hybridized carbons (Fsp3) is 0.0208. The van der Waals surface area contributed by atoms with Crippen molar-refractivity contribution in [2.45, 2.75) is 6.92 Å². The molecule has 0 aliphatic rings. The van der Waals surface area contributed by atoms with Crippen molar-refractivity contribution in [3.05, 3.63) is 188 Å². The van der Waals surface area contributed by atoms with E-state index >= 15 is 0 Å². The van der Waals surface area contributed by atoms with Crippen molar-refractivity contribution in [2.75, 3.05) is 0 Å². The van der Waals surface area contributed by atoms with Gasteiger partial charge in [0, 0.05) is 80.2 Å². The van der Waals surface area contributed by atoms with E-state index in [-0.39, 0.29) is 0 Å². The summed E-state index contributed by atoms with van der Waals surface area (Å²) in [4.78, 5) is 33.8. The number of para-hydroxylation sites is 1. The minimum atomic E-state index is 0.499. The number of allylic oxidation sites excluding steroid dienone is 2. The smallest absolute Gasteiger partial charge is 0.238 e. The Hall–Kier alpha value is -7.91. The van der Waals surface area contributed by atoms with Crippen molar-refractivity contribution in [2.24, 2.45) is 0 Å². The van der Waals surface area contributed by atoms with E-state index in [0.29, 0.717) is 29.2 Å². The van der Waals surface area contributed by atoms with Crippen LogP contribution < -0.4 is 0 Å². The predicted octanol–water partition coefficient (Wildman–Crippen LogP) is 10.5. The van der Waals surface area contributed by atoms with E-state index in [2.05, 4.69) is 103 Å². The summed E-state index contributed by atoms with van der Waals surface area (Å²) in [6.07, 6.45) is 11.0. The molecule has 5 aromatic heterocycles. The second-order valence-electron chi connectivity index (χ2n) is 13.6. The molecule has 0 atom stereocenters. The molecule has 0 aliphatic heterocycles. The van der Waals surface area contributed by atoms with Gasteiger partial charge in [-0.3, -0.25) is 4.57 Å². The zero-order chi connectivity index (χ0) is 38.3. The largest absolute Gasteiger partial charge is 0.311 e. The van der Waals surface area contributed by atoms with Crippen LogP contribution in [-0.2, 0) is 0 Å². The van der Waals surface area contributed by atoms with E-state index in [0.717, 1.165) is 71.9 Å². The summed E-state index contributed by atoms with van der Waals surface area (Å²) in [5, 5.41) is 3.08. The van der Waals surface area contributed by atoms with Gasteiger partial charge in [0.2, 0.25) is 5.95 Å². The van der Waals surface area contributed by atoms with Gasteiger partial charge in [-0.2, -0.15) is 9.97 Å². The molecule has 0 N–H and O–H groups in total. The highest BCUT2D eigenvalue weighted by Gasteiger charge is 2.25. The lowest BCUT2D eigenvalue weighted by Crippen LogP contribution is -2.07. The molecule has 0 aliphatic carbocycles. The highest BCUT2D eigenvalue weighted by atomic mass is 15.2. The van der Waals surface area contributed by atoms with Gasteiger partial charge >= 0.3 is 0 Å². The van der Waals surface area contributed by atoms with E-state index in [1.165, 1.54) is 0 Å². The second-order valence-corrected chi connectivity index (χ2v) is 13.6. The molecule has 9 nitrogen and oxygen atoms in total. The molecule has 5 heterocycles. The van der Waals surface area contributed by atoms with Crippen molar-refractivity contribution >= 4 is 44.4 Å². The first-order valence-electron chi connectivity index (χ1n) is 18.6. The van der Waals surface area contributed by atoms with Crippen LogP contribution in [0.15, 0.2) is 171 Å². The zero-order valence-corrected chi connectivity index (χ0v) is 30.9. The minimum absolute atomic E-state index is 0.499. The van der Waals surface area contributed by atoms with Crippen LogP contribution in [0.2, 0.25) is 0 Å². The lowest BCUT2D eigenvalue weighted by molar-refractivity contribution is 0.951. The van der Waals surface area contributed by atoms with E-state index in [1.54, 1.807) is 24.8 Å². The van der Waals surface area contributed by atoms with E-state index in [1.807, 2.05) is 84.9 Å². The summed E-state index contributed by atoms with van der Waals surface area (Å²) >= 11 is 0.